The van der Waals surface area contributed by atoms with Crippen molar-refractivity contribution in [1.29, 1.82) is 0 Å². The number of carbonyl (C=O) groups excluding carboxylic acids is 1. The van der Waals surface area contributed by atoms with Crippen LogP contribution in [-0.4, -0.2) is 10.9 Å². The van der Waals surface area contributed by atoms with Crippen LogP contribution in [0, 0.1) is 17.5 Å². The Bertz CT molecular complexity index is 694. The van der Waals surface area contributed by atoms with Gasteiger partial charge in [0.1, 0.15) is 11.6 Å². The number of benzene rings is 1. The Kier molecular flexibility index (Phi) is 3.80. The van der Waals surface area contributed by atoms with Crippen LogP contribution < -0.4 is 11.1 Å². The third-order valence-electron chi connectivity index (χ3n) is 2.36. The molecule has 0 spiro atoms. The topological polar surface area (TPSA) is 68.0 Å². The Morgan fingerprint density at radius 1 is 1.25 bits per heavy atom. The first kappa shape index (κ1) is 14.1. The third kappa shape index (κ3) is 2.83. The zero-order valence-corrected chi connectivity index (χ0v) is 10.5. The maximum Gasteiger partial charge on any atom is 0.257 e. The first-order chi connectivity index (χ1) is 9.38. The summed E-state index contributed by atoms with van der Waals surface area (Å²) in [6.45, 7) is 0. The molecule has 0 saturated heterocycles. The van der Waals surface area contributed by atoms with E-state index in [0.717, 1.165) is 12.3 Å². The van der Waals surface area contributed by atoms with E-state index in [9.17, 15) is 18.0 Å². The monoisotopic (exact) mass is 301 g/mol. The van der Waals surface area contributed by atoms with Gasteiger partial charge in [0.15, 0.2) is 11.6 Å². The number of pyridine rings is 1. The Balaban J connectivity index is 2.35. The summed E-state index contributed by atoms with van der Waals surface area (Å²) in [5, 5.41) is 1.98. The van der Waals surface area contributed by atoms with Crippen molar-refractivity contribution in [2.75, 3.05) is 11.1 Å². The second kappa shape index (κ2) is 5.38. The van der Waals surface area contributed by atoms with Gasteiger partial charge >= 0.3 is 0 Å². The molecule has 0 bridgehead atoms. The normalized spacial score (nSPS) is 10.4. The molecule has 0 atom stereocenters. The van der Waals surface area contributed by atoms with E-state index in [1.54, 1.807) is 0 Å². The minimum Gasteiger partial charge on any atom is -0.384 e. The van der Waals surface area contributed by atoms with Crippen LogP contribution in [0.3, 0.4) is 0 Å². The van der Waals surface area contributed by atoms with E-state index in [1.807, 2.05) is 5.32 Å². The van der Waals surface area contributed by atoms with Gasteiger partial charge in [-0.3, -0.25) is 4.79 Å². The van der Waals surface area contributed by atoms with Gasteiger partial charge in [0.25, 0.3) is 5.91 Å². The zero-order valence-electron chi connectivity index (χ0n) is 9.75. The third-order valence-corrected chi connectivity index (χ3v) is 2.66. The van der Waals surface area contributed by atoms with Crippen molar-refractivity contribution in [3.8, 4) is 0 Å². The SMILES string of the molecule is Nc1cc(C(=O)Nc2cc(F)cc(F)c2F)c(Cl)cn1. The highest BCUT2D eigenvalue weighted by atomic mass is 35.5. The van der Waals surface area contributed by atoms with Gasteiger partial charge in [-0.25, -0.2) is 18.2 Å². The molecule has 104 valence electrons. The molecule has 0 aliphatic heterocycles. The van der Waals surface area contributed by atoms with E-state index < -0.39 is 29.0 Å². The second-order valence-corrected chi connectivity index (χ2v) is 4.20. The lowest BCUT2D eigenvalue weighted by Gasteiger charge is -2.08. The zero-order chi connectivity index (χ0) is 14.9. The Morgan fingerprint density at radius 2 is 1.95 bits per heavy atom. The molecule has 0 fully saturated rings. The number of hydrogen-bond acceptors (Lipinski definition) is 3. The van der Waals surface area contributed by atoms with Crippen LogP contribution in [0.5, 0.6) is 0 Å². The molecule has 0 aliphatic rings. The second-order valence-electron chi connectivity index (χ2n) is 3.79. The Hall–Kier alpha value is -2.28. The lowest BCUT2D eigenvalue weighted by Crippen LogP contribution is -2.15. The quantitative estimate of drug-likeness (QED) is 0.838. The first-order valence-corrected chi connectivity index (χ1v) is 5.63. The number of amides is 1. The number of nitrogens with one attached hydrogen (secondary N) is 1. The molecule has 0 unspecified atom stereocenters. The molecule has 2 aromatic rings. The molecule has 4 nitrogen and oxygen atoms in total. The van der Waals surface area contributed by atoms with Gasteiger partial charge in [0, 0.05) is 18.3 Å². The van der Waals surface area contributed by atoms with Crippen molar-refractivity contribution in [2.45, 2.75) is 0 Å². The molecule has 1 amide bonds. The van der Waals surface area contributed by atoms with Crippen LogP contribution >= 0.6 is 11.6 Å². The predicted octanol–water partition coefficient (Wildman–Crippen LogP) is 2.99. The number of halogens is 4. The number of carbonyl (C=O) groups is 1. The van der Waals surface area contributed by atoms with Crippen LogP contribution in [0.2, 0.25) is 5.02 Å². The van der Waals surface area contributed by atoms with E-state index in [-0.39, 0.29) is 16.4 Å². The van der Waals surface area contributed by atoms with E-state index in [0.29, 0.717) is 12.1 Å². The molecular weight excluding hydrogens is 295 g/mol. The van der Waals surface area contributed by atoms with Gasteiger partial charge < -0.3 is 11.1 Å². The number of nitrogens with two attached hydrogens (primary N) is 1. The predicted molar refractivity (Wildman–Crippen MR) is 67.9 cm³/mol. The van der Waals surface area contributed by atoms with Crippen molar-refractivity contribution in [3.63, 3.8) is 0 Å². The molecule has 1 heterocycles. The van der Waals surface area contributed by atoms with E-state index in [1.165, 1.54) is 0 Å². The van der Waals surface area contributed by atoms with Gasteiger partial charge in [-0.15, -0.1) is 0 Å². The molecule has 2 rings (SSSR count). The molecule has 0 aliphatic carbocycles. The lowest BCUT2D eigenvalue weighted by atomic mass is 10.2. The van der Waals surface area contributed by atoms with Crippen molar-refractivity contribution >= 4 is 29.0 Å². The summed E-state index contributed by atoms with van der Waals surface area (Å²) in [6.07, 6.45) is 1.13. The highest BCUT2D eigenvalue weighted by Gasteiger charge is 2.16. The van der Waals surface area contributed by atoms with Gasteiger partial charge in [-0.05, 0) is 6.07 Å². The highest BCUT2D eigenvalue weighted by Crippen LogP contribution is 2.22. The van der Waals surface area contributed by atoms with Crippen molar-refractivity contribution < 1.29 is 18.0 Å². The molecule has 8 heteroatoms. The average molecular weight is 302 g/mol. The summed E-state index contributed by atoms with van der Waals surface area (Å²) in [7, 11) is 0. The molecule has 0 saturated carbocycles. The summed E-state index contributed by atoms with van der Waals surface area (Å²) in [5.74, 6) is -4.67. The van der Waals surface area contributed by atoms with E-state index in [4.69, 9.17) is 17.3 Å². The van der Waals surface area contributed by atoms with Gasteiger partial charge in [-0.1, -0.05) is 11.6 Å². The fourth-order valence-corrected chi connectivity index (χ4v) is 1.65. The maximum atomic E-state index is 13.4. The van der Waals surface area contributed by atoms with Crippen LogP contribution in [0.1, 0.15) is 10.4 Å². The fourth-order valence-electron chi connectivity index (χ4n) is 1.47. The molecule has 0 radical (unpaired) electrons. The van der Waals surface area contributed by atoms with Crippen molar-refractivity contribution in [2.24, 2.45) is 0 Å². The van der Waals surface area contributed by atoms with Crippen molar-refractivity contribution in [1.82, 2.24) is 4.98 Å². The number of hydrogen-bond donors (Lipinski definition) is 2. The maximum absolute atomic E-state index is 13.4. The van der Waals surface area contributed by atoms with Crippen LogP contribution in [0.15, 0.2) is 24.4 Å². The standard InChI is InChI=1S/C12H7ClF3N3O/c13-7-4-18-10(17)3-6(7)12(20)19-9-2-5(14)1-8(15)11(9)16/h1-4H,(H2,17,18)(H,19,20). The summed E-state index contributed by atoms with van der Waals surface area (Å²) in [5.41, 5.74) is 4.66. The highest BCUT2D eigenvalue weighted by molar-refractivity contribution is 6.34. The minimum atomic E-state index is -1.42. The summed E-state index contributed by atoms with van der Waals surface area (Å²) >= 11 is 5.74. The van der Waals surface area contributed by atoms with Gasteiger partial charge in [0.2, 0.25) is 0 Å². The summed E-state index contributed by atoms with van der Waals surface area (Å²) in [4.78, 5) is 15.5. The lowest BCUT2D eigenvalue weighted by molar-refractivity contribution is 0.102. The minimum absolute atomic E-state index is 0.0189. The molecule has 1 aromatic heterocycles. The van der Waals surface area contributed by atoms with Crippen LogP contribution in [-0.2, 0) is 0 Å². The molecule has 1 aromatic carbocycles. The Labute approximate surface area is 116 Å². The van der Waals surface area contributed by atoms with Crippen LogP contribution in [0.4, 0.5) is 24.7 Å². The molecular formula is C12H7ClF3N3O. The van der Waals surface area contributed by atoms with E-state index >= 15 is 0 Å². The number of nitrogens with zero attached hydrogens (tertiary/aromatic N) is 1. The molecule has 20 heavy (non-hydrogen) atoms. The molecule has 3 N–H and O–H groups in total. The fraction of sp³-hybridized carbons (Fsp3) is 0. The number of anilines is 2. The number of rotatable bonds is 2. The van der Waals surface area contributed by atoms with Crippen molar-refractivity contribution in [3.05, 3.63) is 52.4 Å². The van der Waals surface area contributed by atoms with E-state index in [2.05, 4.69) is 4.98 Å². The smallest absolute Gasteiger partial charge is 0.257 e. The van der Waals surface area contributed by atoms with Crippen LogP contribution in [0.25, 0.3) is 0 Å². The largest absolute Gasteiger partial charge is 0.384 e. The Morgan fingerprint density at radius 3 is 2.65 bits per heavy atom. The number of aromatic nitrogens is 1. The summed E-state index contributed by atoms with van der Waals surface area (Å²) in [6, 6.07) is 2.17. The first-order valence-electron chi connectivity index (χ1n) is 5.25. The van der Waals surface area contributed by atoms with Gasteiger partial charge in [0.05, 0.1) is 16.3 Å². The van der Waals surface area contributed by atoms with Gasteiger partial charge in [-0.2, -0.15) is 0 Å². The number of nitrogen functional groups attached to an aromatic ring is 1. The summed E-state index contributed by atoms with van der Waals surface area (Å²) < 4.78 is 39.4. The average Bonchev–Trinajstić information content (AvgIpc) is 2.38.